The summed E-state index contributed by atoms with van der Waals surface area (Å²) in [5.41, 5.74) is 5.50. The molecule has 0 atom stereocenters. The zero-order valence-corrected chi connectivity index (χ0v) is 15.2. The lowest BCUT2D eigenvalue weighted by atomic mass is 10.2. The molecule has 2 aromatic rings. The number of ether oxygens (including phenoxy) is 2. The highest BCUT2D eigenvalue weighted by Gasteiger charge is 2.14. The van der Waals surface area contributed by atoms with Crippen molar-refractivity contribution in [1.29, 1.82) is 0 Å². The molecule has 0 saturated heterocycles. The number of carbonyl (C=O) groups excluding carboxylic acids is 3. The number of hydrogen-bond acceptors (Lipinski definition) is 6. The number of amides is 2. The van der Waals surface area contributed by atoms with Gasteiger partial charge in [-0.25, -0.2) is 4.79 Å². The monoisotopic (exact) mass is 410 g/mol. The van der Waals surface area contributed by atoms with E-state index in [-0.39, 0.29) is 17.1 Å². The van der Waals surface area contributed by atoms with Gasteiger partial charge >= 0.3 is 12.6 Å². The van der Waals surface area contributed by atoms with Crippen LogP contribution in [0.5, 0.6) is 5.75 Å². The molecule has 0 aromatic heterocycles. The average Bonchev–Trinajstić information content (AvgIpc) is 2.65. The van der Waals surface area contributed by atoms with Crippen LogP contribution in [0, 0.1) is 0 Å². The van der Waals surface area contributed by atoms with E-state index in [1.54, 1.807) is 24.3 Å². The molecule has 0 heterocycles. The van der Waals surface area contributed by atoms with Crippen molar-refractivity contribution in [3.05, 3.63) is 54.1 Å². The van der Waals surface area contributed by atoms with Gasteiger partial charge in [-0.1, -0.05) is 18.2 Å². The highest BCUT2D eigenvalue weighted by Crippen LogP contribution is 2.26. The Kier molecular flexibility index (Phi) is 7.76. The number of hydrogen-bond donors (Lipinski definition) is 2. The first-order chi connectivity index (χ1) is 13.3. The Balaban J connectivity index is 1.92. The summed E-state index contributed by atoms with van der Waals surface area (Å²) in [6, 6.07) is 11.8. The van der Waals surface area contributed by atoms with Crippen molar-refractivity contribution in [3.8, 4) is 5.75 Å². The van der Waals surface area contributed by atoms with Crippen LogP contribution in [0.1, 0.15) is 10.4 Å². The van der Waals surface area contributed by atoms with Crippen LogP contribution in [0.15, 0.2) is 53.4 Å². The standard InChI is InChI=1S/C18H16F2N2O5S/c19-18(20)27-12-5-3-4-11(8-12)17(25)26-9-16(24)22-13-6-1-2-7-14(13)28-10-15(21)23/h1-8,18H,9-10H2,(H2,21,23)(H,22,24). The van der Waals surface area contributed by atoms with Crippen molar-refractivity contribution in [2.75, 3.05) is 17.7 Å². The lowest BCUT2D eigenvalue weighted by Gasteiger charge is -2.11. The van der Waals surface area contributed by atoms with Crippen molar-refractivity contribution in [1.82, 2.24) is 0 Å². The van der Waals surface area contributed by atoms with Gasteiger partial charge in [-0.05, 0) is 30.3 Å². The fourth-order valence-electron chi connectivity index (χ4n) is 2.04. The van der Waals surface area contributed by atoms with E-state index in [0.717, 1.165) is 17.8 Å². The van der Waals surface area contributed by atoms with Gasteiger partial charge in [0.05, 0.1) is 17.0 Å². The first-order valence-electron chi connectivity index (χ1n) is 7.87. The zero-order valence-electron chi connectivity index (χ0n) is 14.4. The van der Waals surface area contributed by atoms with Gasteiger partial charge in [0.2, 0.25) is 5.91 Å². The Morgan fingerprint density at radius 2 is 1.86 bits per heavy atom. The second-order valence-corrected chi connectivity index (χ2v) is 6.30. The Morgan fingerprint density at radius 1 is 1.11 bits per heavy atom. The number of primary amides is 1. The summed E-state index contributed by atoms with van der Waals surface area (Å²) in [6.45, 7) is -3.61. The number of esters is 1. The summed E-state index contributed by atoms with van der Waals surface area (Å²) in [6.07, 6.45) is 0. The molecule has 0 saturated carbocycles. The molecule has 0 aliphatic rings. The van der Waals surface area contributed by atoms with Crippen LogP contribution in [-0.2, 0) is 14.3 Å². The second kappa shape index (κ2) is 10.3. The molecule has 3 N–H and O–H groups in total. The number of halogens is 2. The fourth-order valence-corrected chi connectivity index (χ4v) is 2.79. The molecule has 0 unspecified atom stereocenters. The fraction of sp³-hybridized carbons (Fsp3) is 0.167. The van der Waals surface area contributed by atoms with Gasteiger partial charge in [0.15, 0.2) is 6.61 Å². The maximum absolute atomic E-state index is 12.2. The molecule has 0 aliphatic carbocycles. The number of rotatable bonds is 9. The van der Waals surface area contributed by atoms with Crippen LogP contribution in [0.4, 0.5) is 14.5 Å². The second-order valence-electron chi connectivity index (χ2n) is 5.28. The minimum atomic E-state index is -3.02. The molecule has 0 bridgehead atoms. The summed E-state index contributed by atoms with van der Waals surface area (Å²) < 4.78 is 33.5. The molecule has 0 fully saturated rings. The van der Waals surface area contributed by atoms with E-state index >= 15 is 0 Å². The number of benzene rings is 2. The third kappa shape index (κ3) is 6.88. The van der Waals surface area contributed by atoms with E-state index in [1.807, 2.05) is 0 Å². The third-order valence-corrected chi connectivity index (χ3v) is 4.26. The van der Waals surface area contributed by atoms with Crippen LogP contribution < -0.4 is 15.8 Å². The normalized spacial score (nSPS) is 10.4. The van der Waals surface area contributed by atoms with Gasteiger partial charge in [0.1, 0.15) is 5.75 Å². The van der Waals surface area contributed by atoms with Gasteiger partial charge in [-0.2, -0.15) is 8.78 Å². The summed E-state index contributed by atoms with van der Waals surface area (Å²) in [5.74, 6) is -2.14. The number of alkyl halides is 2. The molecular weight excluding hydrogens is 394 g/mol. The minimum Gasteiger partial charge on any atom is -0.452 e. The molecule has 0 radical (unpaired) electrons. The summed E-state index contributed by atoms with van der Waals surface area (Å²) in [7, 11) is 0. The number of nitrogens with one attached hydrogen (secondary N) is 1. The Morgan fingerprint density at radius 3 is 2.57 bits per heavy atom. The first-order valence-corrected chi connectivity index (χ1v) is 8.85. The van der Waals surface area contributed by atoms with E-state index < -0.39 is 31.0 Å². The average molecular weight is 410 g/mol. The number of thioether (sulfide) groups is 1. The van der Waals surface area contributed by atoms with E-state index in [1.165, 1.54) is 18.2 Å². The Labute approximate surface area is 163 Å². The van der Waals surface area contributed by atoms with Crippen LogP contribution >= 0.6 is 11.8 Å². The number of para-hydroxylation sites is 1. The quantitative estimate of drug-likeness (QED) is 0.486. The largest absolute Gasteiger partial charge is 0.452 e. The van der Waals surface area contributed by atoms with Crippen molar-refractivity contribution in [2.45, 2.75) is 11.5 Å². The minimum absolute atomic E-state index is 0.0386. The zero-order chi connectivity index (χ0) is 20.5. The molecule has 10 heteroatoms. The maximum atomic E-state index is 12.2. The SMILES string of the molecule is NC(=O)CSc1ccccc1NC(=O)COC(=O)c1cccc(OC(F)F)c1. The van der Waals surface area contributed by atoms with Crippen LogP contribution in [0.3, 0.4) is 0 Å². The number of anilines is 1. The van der Waals surface area contributed by atoms with Crippen molar-refractivity contribution >= 4 is 35.2 Å². The van der Waals surface area contributed by atoms with E-state index in [9.17, 15) is 23.2 Å². The van der Waals surface area contributed by atoms with Crippen LogP contribution in [0.2, 0.25) is 0 Å². The molecule has 2 amide bonds. The Bertz CT molecular complexity index is 863. The van der Waals surface area contributed by atoms with Crippen molar-refractivity contribution in [2.24, 2.45) is 5.73 Å². The molecular formula is C18H16F2N2O5S. The molecule has 0 aliphatic heterocycles. The van der Waals surface area contributed by atoms with Gasteiger partial charge in [-0.3, -0.25) is 9.59 Å². The molecule has 148 valence electrons. The predicted octanol–water partition coefficient (Wildman–Crippen LogP) is 2.66. The summed E-state index contributed by atoms with van der Waals surface area (Å²) in [5, 5.41) is 2.57. The van der Waals surface area contributed by atoms with Crippen molar-refractivity contribution in [3.63, 3.8) is 0 Å². The van der Waals surface area contributed by atoms with E-state index in [0.29, 0.717) is 10.6 Å². The van der Waals surface area contributed by atoms with Gasteiger partial charge in [0.25, 0.3) is 5.91 Å². The van der Waals surface area contributed by atoms with E-state index in [4.69, 9.17) is 10.5 Å². The smallest absolute Gasteiger partial charge is 0.387 e. The van der Waals surface area contributed by atoms with Gasteiger partial charge in [0, 0.05) is 4.90 Å². The molecule has 2 aromatic carbocycles. The van der Waals surface area contributed by atoms with Gasteiger partial charge in [-0.15, -0.1) is 11.8 Å². The molecule has 28 heavy (non-hydrogen) atoms. The van der Waals surface area contributed by atoms with Gasteiger partial charge < -0.3 is 20.5 Å². The summed E-state index contributed by atoms with van der Waals surface area (Å²) in [4.78, 5) is 35.6. The number of nitrogens with two attached hydrogens (primary N) is 1. The predicted molar refractivity (Wildman–Crippen MR) is 98.3 cm³/mol. The van der Waals surface area contributed by atoms with E-state index in [2.05, 4.69) is 10.1 Å². The van der Waals surface area contributed by atoms with Crippen LogP contribution in [-0.4, -0.2) is 36.8 Å². The molecule has 0 spiro atoms. The molecule has 7 nitrogen and oxygen atoms in total. The Hall–Kier alpha value is -3.14. The highest BCUT2D eigenvalue weighted by molar-refractivity contribution is 8.00. The third-order valence-electron chi connectivity index (χ3n) is 3.16. The number of carbonyl (C=O) groups is 3. The lowest BCUT2D eigenvalue weighted by Crippen LogP contribution is -2.21. The van der Waals surface area contributed by atoms with Crippen LogP contribution in [0.25, 0.3) is 0 Å². The summed E-state index contributed by atoms with van der Waals surface area (Å²) >= 11 is 1.15. The highest BCUT2D eigenvalue weighted by atomic mass is 32.2. The topological polar surface area (TPSA) is 108 Å². The van der Waals surface area contributed by atoms with Crippen molar-refractivity contribution < 1.29 is 32.6 Å². The lowest BCUT2D eigenvalue weighted by molar-refractivity contribution is -0.119. The maximum Gasteiger partial charge on any atom is 0.387 e. The molecule has 2 rings (SSSR count). The first kappa shape index (κ1) is 21.2.